The number of nitrogens with zero attached hydrogens (tertiary/aromatic N) is 1. The molecule has 0 N–H and O–H groups in total. The van der Waals surface area contributed by atoms with Crippen molar-refractivity contribution in [3.05, 3.63) is 11.7 Å². The number of hydrogen-bond donors (Lipinski definition) is 0. The van der Waals surface area contributed by atoms with Gasteiger partial charge in [0, 0.05) is 24.6 Å². The van der Waals surface area contributed by atoms with Gasteiger partial charge in [-0.2, -0.15) is 8.78 Å². The molecule has 0 aromatic heterocycles. The van der Waals surface area contributed by atoms with Gasteiger partial charge in [-0.1, -0.05) is 6.92 Å². The third-order valence-electron chi connectivity index (χ3n) is 2.63. The number of carbonyl (C=O) groups excluding carboxylic acids is 1. The number of amides is 1. The van der Waals surface area contributed by atoms with Crippen molar-refractivity contribution in [2.75, 3.05) is 13.1 Å². The number of piperidine rings is 1. The number of likely N-dealkylation sites (tertiary alicyclic amines) is 1. The molecule has 1 unspecified atom stereocenters. The van der Waals surface area contributed by atoms with Crippen LogP contribution in [0.5, 0.6) is 0 Å². The largest absolute Gasteiger partial charge is 0.444 e. The maximum Gasteiger partial charge on any atom is 0.410 e. The zero-order valence-corrected chi connectivity index (χ0v) is 10.7. The molecule has 1 heterocycles. The second kappa shape index (κ2) is 5.02. The lowest BCUT2D eigenvalue weighted by Crippen LogP contribution is -2.43. The molecule has 0 saturated carbocycles. The van der Waals surface area contributed by atoms with Gasteiger partial charge in [-0.3, -0.25) is 0 Å². The molecule has 0 radical (unpaired) electrons. The van der Waals surface area contributed by atoms with Crippen molar-refractivity contribution in [3.63, 3.8) is 0 Å². The Labute approximate surface area is 100 Å². The van der Waals surface area contributed by atoms with E-state index in [0.717, 1.165) is 0 Å². The summed E-state index contributed by atoms with van der Waals surface area (Å²) in [7, 11) is 0. The zero-order valence-electron chi connectivity index (χ0n) is 10.7. The van der Waals surface area contributed by atoms with Gasteiger partial charge in [0.1, 0.15) is 5.60 Å². The quantitative estimate of drug-likeness (QED) is 0.656. The maximum atomic E-state index is 12.5. The summed E-state index contributed by atoms with van der Waals surface area (Å²) in [5.74, 6) is -0.304. The Balaban J connectivity index is 2.62. The molecule has 1 amide bonds. The fraction of sp³-hybridized carbons (Fsp3) is 0.750. The number of halogens is 2. The molecule has 1 saturated heterocycles. The van der Waals surface area contributed by atoms with Crippen LogP contribution in [0, 0.1) is 5.92 Å². The molecule has 1 rings (SSSR count). The molecule has 0 bridgehead atoms. The van der Waals surface area contributed by atoms with E-state index in [2.05, 4.69) is 0 Å². The molecule has 1 aliphatic rings. The zero-order chi connectivity index (χ0) is 13.2. The van der Waals surface area contributed by atoms with Crippen molar-refractivity contribution in [2.45, 2.75) is 39.7 Å². The Bertz CT molecular complexity index is 330. The molecule has 17 heavy (non-hydrogen) atoms. The molecule has 1 aliphatic heterocycles. The molecule has 0 aromatic rings. The lowest BCUT2D eigenvalue weighted by molar-refractivity contribution is 0.0204. The predicted octanol–water partition coefficient (Wildman–Crippen LogP) is 3.41. The topological polar surface area (TPSA) is 29.5 Å². The molecule has 0 aromatic carbocycles. The number of hydrogen-bond acceptors (Lipinski definition) is 2. The second-order valence-electron chi connectivity index (χ2n) is 5.36. The third kappa shape index (κ3) is 3.98. The van der Waals surface area contributed by atoms with E-state index in [4.69, 9.17) is 4.74 Å². The van der Waals surface area contributed by atoms with E-state index in [9.17, 15) is 13.6 Å². The first-order chi connectivity index (χ1) is 7.70. The summed E-state index contributed by atoms with van der Waals surface area (Å²) >= 11 is 0. The second-order valence-corrected chi connectivity index (χ2v) is 5.36. The van der Waals surface area contributed by atoms with Gasteiger partial charge in [0.05, 0.1) is 0 Å². The molecule has 0 aliphatic carbocycles. The summed E-state index contributed by atoms with van der Waals surface area (Å²) in [6.45, 7) is 7.64. The molecule has 5 heteroatoms. The molecule has 0 spiro atoms. The van der Waals surface area contributed by atoms with E-state index in [-0.39, 0.29) is 17.9 Å². The van der Waals surface area contributed by atoms with Gasteiger partial charge in [-0.05, 0) is 27.2 Å². The van der Waals surface area contributed by atoms with Gasteiger partial charge in [0.2, 0.25) is 0 Å². The summed E-state index contributed by atoms with van der Waals surface area (Å²) in [5, 5.41) is 0. The van der Waals surface area contributed by atoms with Crippen molar-refractivity contribution in [1.29, 1.82) is 0 Å². The van der Waals surface area contributed by atoms with Crippen LogP contribution < -0.4 is 0 Å². The Morgan fingerprint density at radius 1 is 1.41 bits per heavy atom. The highest BCUT2D eigenvalue weighted by Crippen LogP contribution is 2.27. The summed E-state index contributed by atoms with van der Waals surface area (Å²) in [6.07, 6.45) is -1.81. The molecular weight excluding hydrogens is 228 g/mol. The van der Waals surface area contributed by atoms with E-state index in [1.165, 1.54) is 4.90 Å². The van der Waals surface area contributed by atoms with Crippen LogP contribution in [0.1, 0.15) is 34.1 Å². The predicted molar refractivity (Wildman–Crippen MR) is 60.8 cm³/mol. The number of ether oxygens (including phenoxy) is 1. The maximum absolute atomic E-state index is 12.5. The average molecular weight is 247 g/mol. The fourth-order valence-electron chi connectivity index (χ4n) is 1.81. The first-order valence-electron chi connectivity index (χ1n) is 5.72. The first kappa shape index (κ1) is 13.9. The van der Waals surface area contributed by atoms with Gasteiger partial charge in [-0.25, -0.2) is 4.79 Å². The van der Waals surface area contributed by atoms with Crippen molar-refractivity contribution in [3.8, 4) is 0 Å². The van der Waals surface area contributed by atoms with Crippen LogP contribution in [0.2, 0.25) is 0 Å². The Morgan fingerprint density at radius 3 is 2.41 bits per heavy atom. The minimum Gasteiger partial charge on any atom is -0.444 e. The Kier molecular flexibility index (Phi) is 4.11. The average Bonchev–Trinajstić information content (AvgIpc) is 2.14. The highest BCUT2D eigenvalue weighted by atomic mass is 19.3. The minimum atomic E-state index is -1.61. The van der Waals surface area contributed by atoms with Gasteiger partial charge >= 0.3 is 6.09 Å². The monoisotopic (exact) mass is 247 g/mol. The lowest BCUT2D eigenvalue weighted by atomic mass is 9.94. The molecule has 1 atom stereocenters. The smallest absolute Gasteiger partial charge is 0.410 e. The number of rotatable bonds is 0. The third-order valence-corrected chi connectivity index (χ3v) is 2.63. The summed E-state index contributed by atoms with van der Waals surface area (Å²) in [5.41, 5.74) is -0.397. The van der Waals surface area contributed by atoms with Crippen molar-refractivity contribution in [2.24, 2.45) is 5.92 Å². The lowest BCUT2D eigenvalue weighted by Gasteiger charge is -2.33. The van der Waals surface area contributed by atoms with Crippen molar-refractivity contribution >= 4 is 6.09 Å². The normalized spacial score (nSPS) is 21.4. The summed E-state index contributed by atoms with van der Waals surface area (Å²) in [4.78, 5) is 13.2. The first-order valence-corrected chi connectivity index (χ1v) is 5.72. The van der Waals surface area contributed by atoms with E-state index < -0.39 is 17.8 Å². The summed E-state index contributed by atoms with van der Waals surface area (Å²) in [6, 6.07) is 0. The highest BCUT2D eigenvalue weighted by molar-refractivity contribution is 5.68. The molecule has 3 nitrogen and oxygen atoms in total. The van der Waals surface area contributed by atoms with E-state index >= 15 is 0 Å². The number of carbonyl (C=O) groups is 1. The van der Waals surface area contributed by atoms with Gasteiger partial charge < -0.3 is 9.64 Å². The van der Waals surface area contributed by atoms with Crippen LogP contribution in [0.25, 0.3) is 0 Å². The van der Waals surface area contributed by atoms with Gasteiger partial charge in [-0.15, -0.1) is 0 Å². The molecule has 98 valence electrons. The Morgan fingerprint density at radius 2 is 2.00 bits per heavy atom. The molecule has 1 fully saturated rings. The van der Waals surface area contributed by atoms with Crippen molar-refractivity contribution in [1.82, 2.24) is 4.90 Å². The van der Waals surface area contributed by atoms with Crippen molar-refractivity contribution < 1.29 is 18.3 Å². The van der Waals surface area contributed by atoms with Crippen LogP contribution in [0.15, 0.2) is 11.7 Å². The van der Waals surface area contributed by atoms with Crippen LogP contribution in [0.4, 0.5) is 13.6 Å². The SMILES string of the molecule is CC1CN(C(=O)OC(C)(C)C)CCC1=C(F)F. The standard InChI is InChI=1S/C12H19F2NO2/c1-8-7-15(6-5-9(8)10(13)14)11(16)17-12(2,3)4/h8H,5-7H2,1-4H3. The van der Waals surface area contributed by atoms with E-state index in [1.54, 1.807) is 27.7 Å². The van der Waals surface area contributed by atoms with Crippen LogP contribution in [-0.2, 0) is 4.74 Å². The van der Waals surface area contributed by atoms with E-state index in [0.29, 0.717) is 13.1 Å². The fourth-order valence-corrected chi connectivity index (χ4v) is 1.81. The van der Waals surface area contributed by atoms with E-state index in [1.807, 2.05) is 0 Å². The summed E-state index contributed by atoms with van der Waals surface area (Å²) < 4.78 is 30.2. The van der Waals surface area contributed by atoms with Crippen LogP contribution in [0.3, 0.4) is 0 Å². The highest BCUT2D eigenvalue weighted by Gasteiger charge is 2.29. The Hall–Kier alpha value is -1.13. The van der Waals surface area contributed by atoms with Crippen LogP contribution >= 0.6 is 0 Å². The minimum absolute atomic E-state index is 0.157. The molecular formula is C12H19F2NO2. The van der Waals surface area contributed by atoms with Crippen LogP contribution in [-0.4, -0.2) is 29.7 Å². The van der Waals surface area contributed by atoms with Gasteiger partial charge in [0.25, 0.3) is 6.08 Å². The van der Waals surface area contributed by atoms with Gasteiger partial charge in [0.15, 0.2) is 0 Å².